The summed E-state index contributed by atoms with van der Waals surface area (Å²) < 4.78 is 5.80. The minimum Gasteiger partial charge on any atom is -0.458 e. The van der Waals surface area contributed by atoms with Crippen molar-refractivity contribution in [2.45, 2.75) is 50.5 Å². The van der Waals surface area contributed by atoms with E-state index in [0.717, 1.165) is 32.1 Å². The zero-order valence-corrected chi connectivity index (χ0v) is 10.7. The van der Waals surface area contributed by atoms with Crippen LogP contribution in [-0.4, -0.2) is 11.6 Å². The summed E-state index contributed by atoms with van der Waals surface area (Å²) in [6, 6.07) is 10.3. The standard InChI is InChI=1S/C16H20O2/c17-15(14-8-4-5-9-14)18-16(10-11-16)12-13-6-2-1-3-7-13/h1-3,6-7,14H,4-5,8-12H2. The fourth-order valence-corrected chi connectivity index (χ4v) is 2.88. The number of hydrogen-bond donors (Lipinski definition) is 0. The Balaban J connectivity index is 1.60. The molecule has 0 saturated heterocycles. The molecular weight excluding hydrogens is 224 g/mol. The predicted molar refractivity (Wildman–Crippen MR) is 70.2 cm³/mol. The molecule has 2 nitrogen and oxygen atoms in total. The van der Waals surface area contributed by atoms with Crippen molar-refractivity contribution in [3.8, 4) is 0 Å². The van der Waals surface area contributed by atoms with Crippen molar-refractivity contribution in [2.24, 2.45) is 5.92 Å². The maximum Gasteiger partial charge on any atom is 0.309 e. The Hall–Kier alpha value is -1.31. The first kappa shape index (κ1) is 11.8. The zero-order chi connectivity index (χ0) is 12.4. The molecule has 96 valence electrons. The first-order chi connectivity index (χ1) is 8.77. The average molecular weight is 244 g/mol. The molecule has 2 heteroatoms. The molecular formula is C16H20O2. The molecule has 1 aromatic carbocycles. The Morgan fingerprint density at radius 1 is 1.17 bits per heavy atom. The van der Waals surface area contributed by atoms with Crippen molar-refractivity contribution in [3.05, 3.63) is 35.9 Å². The molecule has 3 rings (SSSR count). The van der Waals surface area contributed by atoms with E-state index in [-0.39, 0.29) is 17.5 Å². The van der Waals surface area contributed by atoms with Gasteiger partial charge >= 0.3 is 5.97 Å². The van der Waals surface area contributed by atoms with E-state index < -0.39 is 0 Å². The highest BCUT2D eigenvalue weighted by atomic mass is 16.6. The predicted octanol–water partition coefficient (Wildman–Crippen LogP) is 3.50. The second-order valence-corrected chi connectivity index (χ2v) is 5.75. The van der Waals surface area contributed by atoms with Gasteiger partial charge < -0.3 is 4.74 Å². The summed E-state index contributed by atoms with van der Waals surface area (Å²) in [5.74, 6) is 0.235. The second kappa shape index (κ2) is 4.75. The van der Waals surface area contributed by atoms with Crippen LogP contribution in [-0.2, 0) is 16.0 Å². The molecule has 0 atom stereocenters. The topological polar surface area (TPSA) is 26.3 Å². The summed E-state index contributed by atoms with van der Waals surface area (Å²) in [6.07, 6.45) is 7.37. The molecule has 2 aliphatic rings. The summed E-state index contributed by atoms with van der Waals surface area (Å²) in [5, 5.41) is 0. The van der Waals surface area contributed by atoms with Crippen LogP contribution in [0.15, 0.2) is 30.3 Å². The number of esters is 1. The largest absolute Gasteiger partial charge is 0.458 e. The molecule has 18 heavy (non-hydrogen) atoms. The third-order valence-electron chi connectivity index (χ3n) is 4.18. The number of ether oxygens (including phenoxy) is 1. The minimum atomic E-state index is -0.166. The van der Waals surface area contributed by atoms with Crippen LogP contribution in [0.4, 0.5) is 0 Å². The number of carbonyl (C=O) groups excluding carboxylic acids is 1. The summed E-state index contributed by atoms with van der Waals surface area (Å²) in [6.45, 7) is 0. The Bertz CT molecular complexity index is 414. The van der Waals surface area contributed by atoms with Crippen LogP contribution in [0.5, 0.6) is 0 Å². The van der Waals surface area contributed by atoms with Crippen molar-refractivity contribution in [1.29, 1.82) is 0 Å². The summed E-state index contributed by atoms with van der Waals surface area (Å²) in [5.41, 5.74) is 1.11. The van der Waals surface area contributed by atoms with Crippen LogP contribution in [0, 0.1) is 5.92 Å². The van der Waals surface area contributed by atoms with Crippen LogP contribution in [0.25, 0.3) is 0 Å². The van der Waals surface area contributed by atoms with Gasteiger partial charge in [-0.05, 0) is 31.2 Å². The molecule has 1 aromatic rings. The van der Waals surface area contributed by atoms with Crippen LogP contribution < -0.4 is 0 Å². The van der Waals surface area contributed by atoms with E-state index in [4.69, 9.17) is 4.74 Å². The lowest BCUT2D eigenvalue weighted by Gasteiger charge is -2.19. The van der Waals surface area contributed by atoms with E-state index in [0.29, 0.717) is 0 Å². The van der Waals surface area contributed by atoms with Crippen molar-refractivity contribution in [1.82, 2.24) is 0 Å². The Labute approximate surface area is 108 Å². The molecule has 0 amide bonds. The van der Waals surface area contributed by atoms with Crippen LogP contribution >= 0.6 is 0 Å². The summed E-state index contributed by atoms with van der Waals surface area (Å²) >= 11 is 0. The van der Waals surface area contributed by atoms with E-state index in [1.807, 2.05) is 18.2 Å². The molecule has 0 radical (unpaired) electrons. The first-order valence-corrected chi connectivity index (χ1v) is 7.04. The van der Waals surface area contributed by atoms with Gasteiger partial charge in [0.15, 0.2) is 0 Å². The number of carbonyl (C=O) groups is 1. The minimum absolute atomic E-state index is 0.0564. The van der Waals surface area contributed by atoms with Crippen molar-refractivity contribution < 1.29 is 9.53 Å². The van der Waals surface area contributed by atoms with Crippen molar-refractivity contribution in [3.63, 3.8) is 0 Å². The normalized spacial score (nSPS) is 21.8. The fraction of sp³-hybridized carbons (Fsp3) is 0.562. The van der Waals surface area contributed by atoms with E-state index in [1.54, 1.807) is 0 Å². The van der Waals surface area contributed by atoms with Crippen molar-refractivity contribution in [2.75, 3.05) is 0 Å². The molecule has 2 fully saturated rings. The van der Waals surface area contributed by atoms with E-state index in [2.05, 4.69) is 12.1 Å². The van der Waals surface area contributed by atoms with Crippen LogP contribution in [0.3, 0.4) is 0 Å². The lowest BCUT2D eigenvalue weighted by Crippen LogP contribution is -2.26. The van der Waals surface area contributed by atoms with Gasteiger partial charge in [0.2, 0.25) is 0 Å². The molecule has 0 N–H and O–H groups in total. The van der Waals surface area contributed by atoms with E-state index in [1.165, 1.54) is 18.4 Å². The zero-order valence-electron chi connectivity index (χ0n) is 10.7. The Kier molecular flexibility index (Phi) is 3.11. The molecule has 0 aliphatic heterocycles. The maximum atomic E-state index is 12.1. The summed E-state index contributed by atoms with van der Waals surface area (Å²) in [4.78, 5) is 12.1. The monoisotopic (exact) mass is 244 g/mol. The molecule has 0 aromatic heterocycles. The second-order valence-electron chi connectivity index (χ2n) is 5.75. The van der Waals surface area contributed by atoms with Gasteiger partial charge in [0, 0.05) is 6.42 Å². The number of benzene rings is 1. The van der Waals surface area contributed by atoms with Gasteiger partial charge in [-0.2, -0.15) is 0 Å². The van der Waals surface area contributed by atoms with Crippen molar-refractivity contribution >= 4 is 5.97 Å². The van der Waals surface area contributed by atoms with Gasteiger partial charge in [-0.3, -0.25) is 4.79 Å². The van der Waals surface area contributed by atoms with E-state index >= 15 is 0 Å². The lowest BCUT2D eigenvalue weighted by molar-refractivity contribution is -0.156. The van der Waals surface area contributed by atoms with Crippen LogP contribution in [0.1, 0.15) is 44.1 Å². The van der Waals surface area contributed by atoms with Gasteiger partial charge in [-0.25, -0.2) is 0 Å². The Morgan fingerprint density at radius 3 is 2.44 bits per heavy atom. The quantitative estimate of drug-likeness (QED) is 0.758. The molecule has 2 saturated carbocycles. The SMILES string of the molecule is O=C(OC1(Cc2ccccc2)CC1)C1CCCC1. The molecule has 2 aliphatic carbocycles. The van der Waals surface area contributed by atoms with E-state index in [9.17, 15) is 4.79 Å². The molecule has 0 bridgehead atoms. The molecule has 0 spiro atoms. The fourth-order valence-electron chi connectivity index (χ4n) is 2.88. The van der Waals surface area contributed by atoms with Crippen LogP contribution in [0.2, 0.25) is 0 Å². The third kappa shape index (κ3) is 2.58. The van der Waals surface area contributed by atoms with Gasteiger partial charge in [0.1, 0.15) is 5.60 Å². The maximum absolute atomic E-state index is 12.1. The highest BCUT2D eigenvalue weighted by molar-refractivity contribution is 5.73. The molecule has 0 heterocycles. The van der Waals surface area contributed by atoms with Gasteiger partial charge in [-0.1, -0.05) is 43.2 Å². The highest BCUT2D eigenvalue weighted by Crippen LogP contribution is 2.44. The number of rotatable bonds is 4. The smallest absolute Gasteiger partial charge is 0.309 e. The highest BCUT2D eigenvalue weighted by Gasteiger charge is 2.47. The van der Waals surface area contributed by atoms with Gasteiger partial charge in [0.25, 0.3) is 0 Å². The van der Waals surface area contributed by atoms with Gasteiger partial charge in [-0.15, -0.1) is 0 Å². The first-order valence-electron chi connectivity index (χ1n) is 7.04. The van der Waals surface area contributed by atoms with Gasteiger partial charge in [0.05, 0.1) is 5.92 Å². The molecule has 0 unspecified atom stereocenters. The Morgan fingerprint density at radius 2 is 1.83 bits per heavy atom. The number of hydrogen-bond acceptors (Lipinski definition) is 2. The lowest BCUT2D eigenvalue weighted by atomic mass is 10.1. The summed E-state index contributed by atoms with van der Waals surface area (Å²) in [7, 11) is 0. The third-order valence-corrected chi connectivity index (χ3v) is 4.18. The average Bonchev–Trinajstić information content (AvgIpc) is 2.94.